The molecule has 104 valence electrons. The number of aryl methyl sites for hydroxylation is 2. The van der Waals surface area contributed by atoms with Crippen LogP contribution in [0.4, 0.5) is 0 Å². The molecule has 0 saturated carbocycles. The molecule has 1 atom stereocenters. The molecule has 0 saturated heterocycles. The van der Waals surface area contributed by atoms with Crippen LogP contribution in [0.5, 0.6) is 5.75 Å². The van der Waals surface area contributed by atoms with Crippen LogP contribution in [0.2, 0.25) is 5.02 Å². The third kappa shape index (κ3) is 2.41. The number of methoxy groups -OCH3 is 1. The zero-order valence-electron chi connectivity index (χ0n) is 11.5. The summed E-state index contributed by atoms with van der Waals surface area (Å²) in [5, 5.41) is 0.659. The van der Waals surface area contributed by atoms with E-state index in [9.17, 15) is 0 Å². The van der Waals surface area contributed by atoms with Crippen LogP contribution in [0, 0.1) is 0 Å². The molecule has 0 bridgehead atoms. The maximum absolute atomic E-state index is 6.41. The van der Waals surface area contributed by atoms with E-state index in [1.165, 1.54) is 24.0 Å². The van der Waals surface area contributed by atoms with E-state index in [-0.39, 0.29) is 6.04 Å². The van der Waals surface area contributed by atoms with Gasteiger partial charge in [-0.2, -0.15) is 0 Å². The summed E-state index contributed by atoms with van der Waals surface area (Å²) in [7, 11) is 1.64. The van der Waals surface area contributed by atoms with E-state index in [2.05, 4.69) is 18.2 Å². The first-order valence-corrected chi connectivity index (χ1v) is 7.27. The quantitative estimate of drug-likeness (QED) is 0.930. The molecule has 0 amide bonds. The Morgan fingerprint density at radius 1 is 1.10 bits per heavy atom. The molecule has 2 N–H and O–H groups in total. The van der Waals surface area contributed by atoms with Gasteiger partial charge in [0.25, 0.3) is 0 Å². The highest BCUT2D eigenvalue weighted by molar-refractivity contribution is 6.30. The van der Waals surface area contributed by atoms with E-state index < -0.39 is 0 Å². The zero-order chi connectivity index (χ0) is 14.1. The number of rotatable bonds is 3. The number of ether oxygens (including phenoxy) is 1. The van der Waals surface area contributed by atoms with Crippen LogP contribution in [-0.4, -0.2) is 7.11 Å². The normalized spacial score (nSPS) is 14.9. The van der Waals surface area contributed by atoms with Crippen LogP contribution in [0.15, 0.2) is 36.4 Å². The highest BCUT2D eigenvalue weighted by atomic mass is 35.5. The minimum Gasteiger partial charge on any atom is -0.496 e. The van der Waals surface area contributed by atoms with Gasteiger partial charge in [0.2, 0.25) is 0 Å². The van der Waals surface area contributed by atoms with Gasteiger partial charge in [0.15, 0.2) is 0 Å². The summed E-state index contributed by atoms with van der Waals surface area (Å²) in [6, 6.07) is 12.0. The smallest absolute Gasteiger partial charge is 0.125 e. The largest absolute Gasteiger partial charge is 0.496 e. The predicted octanol–water partition coefficient (Wildman–Crippen LogP) is 3.89. The number of benzene rings is 2. The Hall–Kier alpha value is -1.51. The molecule has 2 nitrogen and oxygen atoms in total. The van der Waals surface area contributed by atoms with Crippen LogP contribution in [-0.2, 0) is 12.8 Å². The summed E-state index contributed by atoms with van der Waals surface area (Å²) in [6.07, 6.45) is 3.60. The summed E-state index contributed by atoms with van der Waals surface area (Å²) in [6.45, 7) is 0. The first kappa shape index (κ1) is 13.5. The number of hydrogen-bond donors (Lipinski definition) is 1. The minimum atomic E-state index is -0.187. The maximum Gasteiger partial charge on any atom is 0.125 e. The Balaban J connectivity index is 1.98. The van der Waals surface area contributed by atoms with Crippen molar-refractivity contribution in [2.24, 2.45) is 5.73 Å². The van der Waals surface area contributed by atoms with Crippen LogP contribution >= 0.6 is 11.6 Å². The van der Waals surface area contributed by atoms with E-state index in [4.69, 9.17) is 22.1 Å². The lowest BCUT2D eigenvalue weighted by molar-refractivity contribution is 0.408. The fourth-order valence-electron chi connectivity index (χ4n) is 2.91. The van der Waals surface area contributed by atoms with Gasteiger partial charge in [0.1, 0.15) is 5.75 Å². The highest BCUT2D eigenvalue weighted by Crippen LogP contribution is 2.32. The van der Waals surface area contributed by atoms with E-state index in [1.807, 2.05) is 18.2 Å². The van der Waals surface area contributed by atoms with E-state index in [0.717, 1.165) is 23.3 Å². The van der Waals surface area contributed by atoms with Crippen LogP contribution in [0.3, 0.4) is 0 Å². The predicted molar refractivity (Wildman–Crippen MR) is 82.5 cm³/mol. The molecule has 3 rings (SSSR count). The van der Waals surface area contributed by atoms with Crippen molar-refractivity contribution in [1.82, 2.24) is 0 Å². The molecule has 0 heterocycles. The number of fused-ring (bicyclic) bond motifs is 1. The topological polar surface area (TPSA) is 35.2 Å². The van der Waals surface area contributed by atoms with Gasteiger partial charge in [-0.1, -0.05) is 35.9 Å². The average Bonchev–Trinajstić information content (AvgIpc) is 2.93. The molecule has 0 fully saturated rings. The minimum absolute atomic E-state index is 0.187. The van der Waals surface area contributed by atoms with Gasteiger partial charge in [-0.25, -0.2) is 0 Å². The second-order valence-corrected chi connectivity index (χ2v) is 5.68. The van der Waals surface area contributed by atoms with Crippen molar-refractivity contribution in [2.45, 2.75) is 25.3 Å². The van der Waals surface area contributed by atoms with Crippen molar-refractivity contribution >= 4 is 11.6 Å². The molecular formula is C17H18ClNO. The van der Waals surface area contributed by atoms with Crippen molar-refractivity contribution in [3.63, 3.8) is 0 Å². The molecule has 3 heteroatoms. The highest BCUT2D eigenvalue weighted by Gasteiger charge is 2.17. The molecule has 0 spiro atoms. The lowest BCUT2D eigenvalue weighted by Gasteiger charge is -2.17. The van der Waals surface area contributed by atoms with E-state index in [1.54, 1.807) is 7.11 Å². The summed E-state index contributed by atoms with van der Waals surface area (Å²) >= 11 is 6.00. The molecule has 1 aliphatic rings. The third-order valence-electron chi connectivity index (χ3n) is 4.01. The van der Waals surface area contributed by atoms with Gasteiger partial charge in [-0.15, -0.1) is 0 Å². The third-order valence-corrected chi connectivity index (χ3v) is 4.25. The Labute approximate surface area is 124 Å². The van der Waals surface area contributed by atoms with Gasteiger partial charge in [-0.3, -0.25) is 0 Å². The number of nitrogens with two attached hydrogens (primary N) is 1. The Kier molecular flexibility index (Phi) is 3.68. The first-order valence-electron chi connectivity index (χ1n) is 6.90. The van der Waals surface area contributed by atoms with Crippen molar-refractivity contribution in [3.8, 4) is 5.75 Å². The fraction of sp³-hybridized carbons (Fsp3) is 0.294. The summed E-state index contributed by atoms with van der Waals surface area (Å²) < 4.78 is 5.40. The van der Waals surface area contributed by atoms with Gasteiger partial charge in [-0.05, 0) is 48.1 Å². The zero-order valence-corrected chi connectivity index (χ0v) is 12.3. The second kappa shape index (κ2) is 5.47. The van der Waals surface area contributed by atoms with Gasteiger partial charge in [0, 0.05) is 10.6 Å². The molecular weight excluding hydrogens is 270 g/mol. The standard InChI is InChI=1S/C17H18ClNO/c1-20-16-10-14(18)7-8-15(16)17(19)13-6-5-11-3-2-4-12(11)9-13/h5-10,17H,2-4,19H2,1H3. The van der Waals surface area contributed by atoms with Crippen LogP contribution in [0.25, 0.3) is 0 Å². The Morgan fingerprint density at radius 2 is 1.90 bits per heavy atom. The van der Waals surface area contributed by atoms with Crippen molar-refractivity contribution < 1.29 is 4.74 Å². The lowest BCUT2D eigenvalue weighted by atomic mass is 9.96. The molecule has 0 aromatic heterocycles. The molecule has 1 aliphatic carbocycles. The molecule has 1 unspecified atom stereocenters. The molecule has 0 radical (unpaired) electrons. The lowest BCUT2D eigenvalue weighted by Crippen LogP contribution is -2.13. The fourth-order valence-corrected chi connectivity index (χ4v) is 3.07. The summed E-state index contributed by atoms with van der Waals surface area (Å²) in [5.74, 6) is 0.741. The molecule has 2 aromatic rings. The first-order chi connectivity index (χ1) is 9.69. The van der Waals surface area contributed by atoms with Crippen LogP contribution < -0.4 is 10.5 Å². The summed E-state index contributed by atoms with van der Waals surface area (Å²) in [5.41, 5.74) is 11.4. The number of halogens is 1. The van der Waals surface area contributed by atoms with Crippen molar-refractivity contribution in [1.29, 1.82) is 0 Å². The molecule has 20 heavy (non-hydrogen) atoms. The number of hydrogen-bond acceptors (Lipinski definition) is 2. The maximum atomic E-state index is 6.41. The van der Waals surface area contributed by atoms with E-state index in [0.29, 0.717) is 5.02 Å². The SMILES string of the molecule is COc1cc(Cl)ccc1C(N)c1ccc2c(c1)CCC2. The van der Waals surface area contributed by atoms with Crippen molar-refractivity contribution in [2.75, 3.05) is 7.11 Å². The Morgan fingerprint density at radius 3 is 2.70 bits per heavy atom. The van der Waals surface area contributed by atoms with Gasteiger partial charge in [0.05, 0.1) is 13.2 Å². The monoisotopic (exact) mass is 287 g/mol. The van der Waals surface area contributed by atoms with Gasteiger partial charge < -0.3 is 10.5 Å². The average molecular weight is 288 g/mol. The Bertz CT molecular complexity index is 639. The molecule has 2 aromatic carbocycles. The van der Waals surface area contributed by atoms with E-state index >= 15 is 0 Å². The van der Waals surface area contributed by atoms with Crippen LogP contribution in [0.1, 0.15) is 34.7 Å². The van der Waals surface area contributed by atoms with Gasteiger partial charge >= 0.3 is 0 Å². The summed E-state index contributed by atoms with van der Waals surface area (Å²) in [4.78, 5) is 0. The second-order valence-electron chi connectivity index (χ2n) is 5.25. The molecule has 0 aliphatic heterocycles. The van der Waals surface area contributed by atoms with Crippen molar-refractivity contribution in [3.05, 3.63) is 63.7 Å².